The number of hydrogen-bond donors (Lipinski definition) is 2. The van der Waals surface area contributed by atoms with Crippen LogP contribution in [0, 0.1) is 0 Å². The van der Waals surface area contributed by atoms with Gasteiger partial charge in [-0.15, -0.1) is 11.3 Å². The highest BCUT2D eigenvalue weighted by molar-refractivity contribution is 7.22. The van der Waals surface area contributed by atoms with Gasteiger partial charge < -0.3 is 10.7 Å². The predicted octanol–water partition coefficient (Wildman–Crippen LogP) is 1.17. The minimum absolute atomic E-state index is 0.0282. The van der Waals surface area contributed by atoms with E-state index in [2.05, 4.69) is 4.98 Å². The summed E-state index contributed by atoms with van der Waals surface area (Å²) in [6.07, 6.45) is 1.62. The van der Waals surface area contributed by atoms with Gasteiger partial charge in [0.25, 0.3) is 0 Å². The summed E-state index contributed by atoms with van der Waals surface area (Å²) in [6, 6.07) is 3.26. The Morgan fingerprint density at radius 1 is 1.55 bits per heavy atom. The maximum Gasteiger partial charge on any atom is 0.199 e. The number of hydrogen-bond acceptors (Lipinski definition) is 3. The zero-order valence-electron chi connectivity index (χ0n) is 5.63. The quantitative estimate of drug-likeness (QED) is 0.617. The van der Waals surface area contributed by atoms with E-state index in [1.165, 1.54) is 17.4 Å². The lowest BCUT2D eigenvalue weighted by atomic mass is 10.4. The molecule has 2 aromatic heterocycles. The van der Waals surface area contributed by atoms with Gasteiger partial charge >= 0.3 is 0 Å². The predicted molar refractivity (Wildman–Crippen MR) is 46.9 cm³/mol. The highest BCUT2D eigenvalue weighted by Gasteiger charge is 2.00. The van der Waals surface area contributed by atoms with E-state index in [0.717, 1.165) is 5.52 Å². The van der Waals surface area contributed by atoms with E-state index < -0.39 is 0 Å². The summed E-state index contributed by atoms with van der Waals surface area (Å²) < 4.78 is 0.699. The fourth-order valence-electron chi connectivity index (χ4n) is 0.983. The Hall–Kier alpha value is -1.29. The molecule has 0 atom stereocenters. The van der Waals surface area contributed by atoms with E-state index in [4.69, 9.17) is 5.73 Å². The number of nitrogen functional groups attached to an aromatic ring is 1. The van der Waals surface area contributed by atoms with Crippen molar-refractivity contribution in [1.29, 1.82) is 0 Å². The molecule has 56 valence electrons. The molecule has 0 aliphatic rings. The van der Waals surface area contributed by atoms with Crippen LogP contribution in [0.1, 0.15) is 0 Å². The van der Waals surface area contributed by atoms with Gasteiger partial charge in [0.2, 0.25) is 0 Å². The Kier molecular flexibility index (Phi) is 1.22. The van der Waals surface area contributed by atoms with Gasteiger partial charge in [-0.2, -0.15) is 0 Å². The lowest BCUT2D eigenvalue weighted by Gasteiger charge is -1.83. The van der Waals surface area contributed by atoms with Gasteiger partial charge in [-0.3, -0.25) is 4.79 Å². The molecule has 3 N–H and O–H groups in total. The van der Waals surface area contributed by atoms with E-state index >= 15 is 0 Å². The normalized spacial score (nSPS) is 10.5. The fourth-order valence-corrected chi connectivity index (χ4v) is 1.79. The zero-order chi connectivity index (χ0) is 7.84. The van der Waals surface area contributed by atoms with Crippen LogP contribution in [0.3, 0.4) is 0 Å². The Balaban J connectivity index is 3.02. The van der Waals surface area contributed by atoms with Gasteiger partial charge in [0.1, 0.15) is 4.70 Å². The number of pyridine rings is 1. The third-order valence-corrected chi connectivity index (χ3v) is 2.43. The molecule has 0 radical (unpaired) electrons. The van der Waals surface area contributed by atoms with E-state index in [-0.39, 0.29) is 5.43 Å². The Morgan fingerprint density at radius 2 is 2.36 bits per heavy atom. The number of nitrogens with one attached hydrogen (secondary N) is 1. The highest BCUT2D eigenvalue weighted by atomic mass is 32.1. The molecule has 0 aromatic carbocycles. The third kappa shape index (κ3) is 0.914. The van der Waals surface area contributed by atoms with E-state index in [9.17, 15) is 4.79 Å². The first kappa shape index (κ1) is 6.42. The molecule has 2 heterocycles. The molecule has 0 saturated carbocycles. The Morgan fingerprint density at radius 3 is 3.09 bits per heavy atom. The van der Waals surface area contributed by atoms with Crippen molar-refractivity contribution in [1.82, 2.24) is 4.98 Å². The van der Waals surface area contributed by atoms with E-state index in [1.807, 2.05) is 0 Å². The van der Waals surface area contributed by atoms with Crippen LogP contribution in [0.15, 0.2) is 23.1 Å². The first-order valence-electron chi connectivity index (χ1n) is 3.14. The highest BCUT2D eigenvalue weighted by Crippen LogP contribution is 2.21. The third-order valence-electron chi connectivity index (χ3n) is 1.45. The molecule has 11 heavy (non-hydrogen) atoms. The average Bonchev–Trinajstić information content (AvgIpc) is 2.31. The molecule has 0 unspecified atom stereocenters. The van der Waals surface area contributed by atoms with Crippen LogP contribution in [0.25, 0.3) is 10.2 Å². The second-order valence-electron chi connectivity index (χ2n) is 2.23. The van der Waals surface area contributed by atoms with Crippen molar-refractivity contribution in [3.05, 3.63) is 28.6 Å². The number of nitrogens with two attached hydrogens (primary N) is 1. The number of aromatic nitrogens is 1. The lowest BCUT2D eigenvalue weighted by molar-refractivity contribution is 1.41. The summed E-state index contributed by atoms with van der Waals surface area (Å²) in [4.78, 5) is 14.1. The molecule has 2 rings (SSSR count). The molecular formula is C7H6N2OS. The van der Waals surface area contributed by atoms with Crippen LogP contribution in [0.4, 0.5) is 5.00 Å². The molecule has 3 nitrogen and oxygen atoms in total. The van der Waals surface area contributed by atoms with E-state index in [0.29, 0.717) is 9.70 Å². The number of rotatable bonds is 0. The van der Waals surface area contributed by atoms with Crippen molar-refractivity contribution in [3.63, 3.8) is 0 Å². The Bertz CT molecular complexity index is 443. The fraction of sp³-hybridized carbons (Fsp3) is 0. The van der Waals surface area contributed by atoms with Crippen molar-refractivity contribution < 1.29 is 0 Å². The average molecular weight is 166 g/mol. The van der Waals surface area contributed by atoms with Crippen LogP contribution in [0.5, 0.6) is 0 Å². The summed E-state index contributed by atoms with van der Waals surface area (Å²) in [5.74, 6) is 0. The minimum Gasteiger partial charge on any atom is -0.391 e. The van der Waals surface area contributed by atoms with E-state index in [1.54, 1.807) is 12.3 Å². The minimum atomic E-state index is 0.0282. The van der Waals surface area contributed by atoms with Gasteiger partial charge in [0, 0.05) is 12.3 Å². The second-order valence-corrected chi connectivity index (χ2v) is 3.32. The largest absolute Gasteiger partial charge is 0.391 e. The second kappa shape index (κ2) is 2.10. The molecule has 2 aromatic rings. The summed E-state index contributed by atoms with van der Waals surface area (Å²) in [5, 5.41) is 0.666. The number of thiophene rings is 1. The topological polar surface area (TPSA) is 58.9 Å². The molecule has 0 saturated heterocycles. The number of H-pyrrole nitrogens is 1. The summed E-state index contributed by atoms with van der Waals surface area (Å²) in [6.45, 7) is 0. The number of anilines is 1. The van der Waals surface area contributed by atoms with Crippen molar-refractivity contribution in [3.8, 4) is 0 Å². The van der Waals surface area contributed by atoms with Crippen LogP contribution in [-0.4, -0.2) is 4.98 Å². The van der Waals surface area contributed by atoms with Gasteiger partial charge in [0.15, 0.2) is 5.43 Å². The summed E-state index contributed by atoms with van der Waals surface area (Å²) >= 11 is 1.31. The van der Waals surface area contributed by atoms with Gasteiger partial charge in [0.05, 0.1) is 10.5 Å². The van der Waals surface area contributed by atoms with Crippen molar-refractivity contribution >= 4 is 26.6 Å². The molecule has 0 fully saturated rings. The molecule has 4 heteroatoms. The van der Waals surface area contributed by atoms with Gasteiger partial charge in [-0.25, -0.2) is 0 Å². The van der Waals surface area contributed by atoms with Crippen LogP contribution in [-0.2, 0) is 0 Å². The van der Waals surface area contributed by atoms with Crippen LogP contribution < -0.4 is 11.2 Å². The van der Waals surface area contributed by atoms with Crippen molar-refractivity contribution in [2.45, 2.75) is 0 Å². The number of aromatic amines is 1. The van der Waals surface area contributed by atoms with Crippen molar-refractivity contribution in [2.24, 2.45) is 0 Å². The van der Waals surface area contributed by atoms with Gasteiger partial charge in [-0.05, 0) is 6.07 Å². The maximum absolute atomic E-state index is 11.1. The molecule has 0 aliphatic heterocycles. The molecule has 0 spiro atoms. The first-order valence-corrected chi connectivity index (χ1v) is 3.96. The maximum atomic E-state index is 11.1. The standard InChI is InChI=1S/C7H6N2OS/c8-6-3-4-7(11-6)5(10)1-2-9-4/h1-3H,8H2,(H,9,10). The smallest absolute Gasteiger partial charge is 0.199 e. The van der Waals surface area contributed by atoms with Crippen LogP contribution >= 0.6 is 11.3 Å². The van der Waals surface area contributed by atoms with Gasteiger partial charge in [-0.1, -0.05) is 0 Å². The Labute approximate surface area is 66.5 Å². The molecular weight excluding hydrogens is 160 g/mol. The lowest BCUT2D eigenvalue weighted by Crippen LogP contribution is -1.95. The SMILES string of the molecule is Nc1cc2[nH]ccc(=O)c2s1. The number of fused-ring (bicyclic) bond motifs is 1. The molecule has 0 aliphatic carbocycles. The molecule has 0 amide bonds. The first-order chi connectivity index (χ1) is 5.27. The van der Waals surface area contributed by atoms with Crippen molar-refractivity contribution in [2.75, 3.05) is 5.73 Å². The monoisotopic (exact) mass is 166 g/mol. The summed E-state index contributed by atoms with van der Waals surface area (Å²) in [7, 11) is 0. The summed E-state index contributed by atoms with van der Waals surface area (Å²) in [5.41, 5.74) is 6.37. The molecule has 0 bridgehead atoms. The zero-order valence-corrected chi connectivity index (χ0v) is 6.44. The van der Waals surface area contributed by atoms with Crippen LogP contribution in [0.2, 0.25) is 0 Å².